The van der Waals surface area contributed by atoms with Crippen LogP contribution in [0.15, 0.2) is 53.5 Å². The number of pyridine rings is 1. The SMILES string of the molecule is Cc1cccn(OCc2ccccc2)c1=O. The Bertz CT molecular complexity index is 517. The summed E-state index contributed by atoms with van der Waals surface area (Å²) in [4.78, 5) is 17.0. The second kappa shape index (κ2) is 4.66. The second-order valence-electron chi connectivity index (χ2n) is 3.58. The molecule has 1 aromatic heterocycles. The van der Waals surface area contributed by atoms with E-state index in [1.807, 2.05) is 30.3 Å². The van der Waals surface area contributed by atoms with Crippen LogP contribution in [0.25, 0.3) is 0 Å². The molecule has 0 radical (unpaired) electrons. The Morgan fingerprint density at radius 2 is 1.88 bits per heavy atom. The molecule has 0 bridgehead atoms. The van der Waals surface area contributed by atoms with Crippen molar-refractivity contribution in [2.45, 2.75) is 13.5 Å². The third kappa shape index (κ3) is 2.31. The third-order valence-electron chi connectivity index (χ3n) is 2.32. The van der Waals surface area contributed by atoms with E-state index in [1.54, 1.807) is 25.3 Å². The van der Waals surface area contributed by atoms with Crippen LogP contribution in [-0.2, 0) is 6.61 Å². The molecular formula is C13H13NO2. The van der Waals surface area contributed by atoms with Gasteiger partial charge in [0.1, 0.15) is 6.61 Å². The highest BCUT2D eigenvalue weighted by atomic mass is 16.7. The van der Waals surface area contributed by atoms with Crippen molar-refractivity contribution in [2.75, 3.05) is 0 Å². The normalized spacial score (nSPS) is 10.1. The summed E-state index contributed by atoms with van der Waals surface area (Å²) in [6.07, 6.45) is 1.62. The fourth-order valence-corrected chi connectivity index (χ4v) is 1.40. The van der Waals surface area contributed by atoms with E-state index in [0.29, 0.717) is 12.2 Å². The predicted octanol–water partition coefficient (Wildman–Crippen LogP) is 1.79. The molecule has 0 aliphatic heterocycles. The summed E-state index contributed by atoms with van der Waals surface area (Å²) >= 11 is 0. The molecule has 2 rings (SSSR count). The lowest BCUT2D eigenvalue weighted by molar-refractivity contribution is 0.0886. The summed E-state index contributed by atoms with van der Waals surface area (Å²) in [6, 6.07) is 13.3. The highest BCUT2D eigenvalue weighted by Crippen LogP contribution is 1.98. The van der Waals surface area contributed by atoms with Crippen LogP contribution in [0.5, 0.6) is 0 Å². The maximum absolute atomic E-state index is 11.6. The van der Waals surface area contributed by atoms with Crippen LogP contribution in [0.4, 0.5) is 0 Å². The molecule has 0 fully saturated rings. The number of aromatic nitrogens is 1. The maximum Gasteiger partial charge on any atom is 0.285 e. The molecule has 0 aliphatic carbocycles. The summed E-state index contributed by atoms with van der Waals surface area (Å²) in [5, 5.41) is 0. The summed E-state index contributed by atoms with van der Waals surface area (Å²) in [7, 11) is 0. The van der Waals surface area contributed by atoms with Gasteiger partial charge in [0.15, 0.2) is 0 Å². The van der Waals surface area contributed by atoms with E-state index in [-0.39, 0.29) is 5.56 Å². The highest BCUT2D eigenvalue weighted by molar-refractivity contribution is 5.13. The van der Waals surface area contributed by atoms with Gasteiger partial charge in [-0.25, -0.2) is 0 Å². The zero-order valence-corrected chi connectivity index (χ0v) is 9.09. The van der Waals surface area contributed by atoms with Gasteiger partial charge >= 0.3 is 0 Å². The number of hydrogen-bond acceptors (Lipinski definition) is 2. The molecule has 82 valence electrons. The van der Waals surface area contributed by atoms with Gasteiger partial charge in [-0.1, -0.05) is 36.4 Å². The quantitative estimate of drug-likeness (QED) is 0.781. The van der Waals surface area contributed by atoms with Gasteiger partial charge in [0, 0.05) is 11.8 Å². The maximum atomic E-state index is 11.6. The summed E-state index contributed by atoms with van der Waals surface area (Å²) in [6.45, 7) is 2.16. The number of hydrogen-bond donors (Lipinski definition) is 0. The van der Waals surface area contributed by atoms with Crippen molar-refractivity contribution in [2.24, 2.45) is 0 Å². The van der Waals surface area contributed by atoms with Gasteiger partial charge in [0.2, 0.25) is 0 Å². The third-order valence-corrected chi connectivity index (χ3v) is 2.32. The number of nitrogens with zero attached hydrogens (tertiary/aromatic N) is 1. The van der Waals surface area contributed by atoms with Crippen LogP contribution >= 0.6 is 0 Å². The minimum atomic E-state index is -0.113. The van der Waals surface area contributed by atoms with Crippen molar-refractivity contribution in [3.8, 4) is 0 Å². The Hall–Kier alpha value is -2.03. The fraction of sp³-hybridized carbons (Fsp3) is 0.154. The van der Waals surface area contributed by atoms with Gasteiger partial charge < -0.3 is 4.84 Å². The number of benzene rings is 1. The van der Waals surface area contributed by atoms with Gasteiger partial charge in [-0.2, -0.15) is 4.73 Å². The zero-order valence-electron chi connectivity index (χ0n) is 9.09. The molecule has 0 spiro atoms. The van der Waals surface area contributed by atoms with Crippen LogP contribution in [0.2, 0.25) is 0 Å². The van der Waals surface area contributed by atoms with Crippen LogP contribution in [0, 0.1) is 6.92 Å². The molecule has 0 atom stereocenters. The molecule has 3 nitrogen and oxygen atoms in total. The predicted molar refractivity (Wildman–Crippen MR) is 62.2 cm³/mol. The van der Waals surface area contributed by atoms with Crippen molar-refractivity contribution in [3.63, 3.8) is 0 Å². The number of rotatable bonds is 3. The van der Waals surface area contributed by atoms with E-state index in [1.165, 1.54) is 4.73 Å². The monoisotopic (exact) mass is 215 g/mol. The fourth-order valence-electron chi connectivity index (χ4n) is 1.40. The van der Waals surface area contributed by atoms with Gasteiger partial charge in [0.05, 0.1) is 0 Å². The summed E-state index contributed by atoms with van der Waals surface area (Å²) in [5.41, 5.74) is 1.60. The van der Waals surface area contributed by atoms with Gasteiger partial charge in [-0.05, 0) is 18.6 Å². The lowest BCUT2D eigenvalue weighted by atomic mass is 10.2. The smallest absolute Gasteiger partial charge is 0.285 e. The molecule has 0 saturated heterocycles. The standard InChI is InChI=1S/C13H13NO2/c1-11-6-5-9-14(13(11)15)16-10-12-7-3-2-4-8-12/h2-9H,10H2,1H3. The molecule has 16 heavy (non-hydrogen) atoms. The molecular weight excluding hydrogens is 202 g/mol. The first-order valence-corrected chi connectivity index (χ1v) is 5.13. The Balaban J connectivity index is 2.11. The van der Waals surface area contributed by atoms with Crippen molar-refractivity contribution in [1.82, 2.24) is 4.73 Å². The Morgan fingerprint density at radius 1 is 1.12 bits per heavy atom. The van der Waals surface area contributed by atoms with Crippen molar-refractivity contribution < 1.29 is 4.84 Å². The summed E-state index contributed by atoms with van der Waals surface area (Å²) < 4.78 is 1.27. The van der Waals surface area contributed by atoms with Gasteiger partial charge in [0.25, 0.3) is 5.56 Å². The van der Waals surface area contributed by atoms with Gasteiger partial charge in [-0.15, -0.1) is 0 Å². The average Bonchev–Trinajstić information content (AvgIpc) is 2.32. The molecule has 0 amide bonds. The second-order valence-corrected chi connectivity index (χ2v) is 3.58. The van der Waals surface area contributed by atoms with E-state index in [9.17, 15) is 4.79 Å². The minimum absolute atomic E-state index is 0.113. The molecule has 0 saturated carbocycles. The number of aryl methyl sites for hydroxylation is 1. The highest BCUT2D eigenvalue weighted by Gasteiger charge is 1.99. The van der Waals surface area contributed by atoms with E-state index >= 15 is 0 Å². The van der Waals surface area contributed by atoms with Crippen molar-refractivity contribution >= 4 is 0 Å². The lowest BCUT2D eigenvalue weighted by Crippen LogP contribution is -2.27. The van der Waals surface area contributed by atoms with E-state index in [2.05, 4.69) is 0 Å². The topological polar surface area (TPSA) is 31.2 Å². The Morgan fingerprint density at radius 3 is 2.62 bits per heavy atom. The largest absolute Gasteiger partial charge is 0.406 e. The van der Waals surface area contributed by atoms with E-state index < -0.39 is 0 Å². The van der Waals surface area contributed by atoms with Crippen molar-refractivity contribution in [1.29, 1.82) is 0 Å². The van der Waals surface area contributed by atoms with Crippen molar-refractivity contribution in [3.05, 3.63) is 70.1 Å². The Labute approximate surface area is 93.9 Å². The first-order valence-electron chi connectivity index (χ1n) is 5.13. The first-order chi connectivity index (χ1) is 7.77. The molecule has 0 aliphatic rings. The Kier molecular flexibility index (Phi) is 3.05. The van der Waals surface area contributed by atoms with Gasteiger partial charge in [-0.3, -0.25) is 4.79 Å². The average molecular weight is 215 g/mol. The van der Waals surface area contributed by atoms with E-state index in [4.69, 9.17) is 4.84 Å². The molecule has 0 N–H and O–H groups in total. The van der Waals surface area contributed by atoms with Crippen LogP contribution in [-0.4, -0.2) is 4.73 Å². The minimum Gasteiger partial charge on any atom is -0.406 e. The molecule has 3 heteroatoms. The first kappa shape index (κ1) is 10.5. The summed E-state index contributed by atoms with van der Waals surface area (Å²) in [5.74, 6) is 0. The van der Waals surface area contributed by atoms with E-state index in [0.717, 1.165) is 5.56 Å². The molecule has 0 unspecified atom stereocenters. The molecule has 1 aromatic carbocycles. The van der Waals surface area contributed by atoms with Crippen LogP contribution in [0.3, 0.4) is 0 Å². The van der Waals surface area contributed by atoms with Crippen LogP contribution in [0.1, 0.15) is 11.1 Å². The molecule has 1 heterocycles. The zero-order chi connectivity index (χ0) is 11.4. The molecule has 2 aromatic rings. The van der Waals surface area contributed by atoms with Crippen LogP contribution < -0.4 is 10.4 Å². The lowest BCUT2D eigenvalue weighted by Gasteiger charge is -2.08.